The van der Waals surface area contributed by atoms with Gasteiger partial charge in [0.25, 0.3) is 5.91 Å². The molecule has 0 radical (unpaired) electrons. The zero-order chi connectivity index (χ0) is 21.7. The van der Waals surface area contributed by atoms with Gasteiger partial charge in [0, 0.05) is 51.4 Å². The van der Waals surface area contributed by atoms with E-state index < -0.39 is 0 Å². The summed E-state index contributed by atoms with van der Waals surface area (Å²) in [6.07, 6.45) is 3.75. The lowest BCUT2D eigenvalue weighted by Crippen LogP contribution is -2.42. The Morgan fingerprint density at radius 2 is 1.87 bits per heavy atom. The molecule has 0 N–H and O–H groups in total. The van der Waals surface area contributed by atoms with Crippen molar-refractivity contribution in [2.45, 2.75) is 46.1 Å². The largest absolute Gasteiger partial charge is 0.489 e. The smallest absolute Gasteiger partial charge is 0.253 e. The molecule has 3 rings (SSSR count). The van der Waals surface area contributed by atoms with E-state index in [0.29, 0.717) is 47.9 Å². The third kappa shape index (κ3) is 6.35. The summed E-state index contributed by atoms with van der Waals surface area (Å²) >= 11 is 6.46. The third-order valence-corrected chi connectivity index (χ3v) is 5.97. The average molecular weight is 436 g/mol. The monoisotopic (exact) mass is 435 g/mol. The molecule has 7 heteroatoms. The van der Waals surface area contributed by atoms with Gasteiger partial charge in [0.2, 0.25) is 6.41 Å². The van der Waals surface area contributed by atoms with Crippen LogP contribution in [0.4, 0.5) is 0 Å². The Hall–Kier alpha value is -1.79. The van der Waals surface area contributed by atoms with Crippen molar-refractivity contribution in [3.05, 3.63) is 28.8 Å². The molecule has 2 saturated heterocycles. The second-order valence-corrected chi connectivity index (χ2v) is 9.99. The van der Waals surface area contributed by atoms with E-state index in [-0.39, 0.29) is 12.0 Å². The topological polar surface area (TPSA) is 53.1 Å². The Labute approximate surface area is 185 Å². The van der Waals surface area contributed by atoms with Gasteiger partial charge in [-0.3, -0.25) is 9.59 Å². The lowest BCUT2D eigenvalue weighted by molar-refractivity contribution is -0.118. The van der Waals surface area contributed by atoms with Gasteiger partial charge in [-0.2, -0.15) is 0 Å². The van der Waals surface area contributed by atoms with Gasteiger partial charge in [0.05, 0.1) is 5.02 Å². The van der Waals surface area contributed by atoms with Crippen molar-refractivity contribution in [1.82, 2.24) is 14.7 Å². The van der Waals surface area contributed by atoms with Gasteiger partial charge in [0.15, 0.2) is 0 Å². The summed E-state index contributed by atoms with van der Waals surface area (Å²) in [7, 11) is 0. The van der Waals surface area contributed by atoms with Gasteiger partial charge in [-0.1, -0.05) is 32.4 Å². The van der Waals surface area contributed by atoms with E-state index in [9.17, 15) is 9.59 Å². The fraction of sp³-hybridized carbons (Fsp3) is 0.652. The van der Waals surface area contributed by atoms with Crippen LogP contribution in [0, 0.1) is 5.41 Å². The van der Waals surface area contributed by atoms with Crippen molar-refractivity contribution in [2.24, 2.45) is 5.41 Å². The number of rotatable bonds is 5. The Morgan fingerprint density at radius 1 is 1.13 bits per heavy atom. The highest BCUT2D eigenvalue weighted by Crippen LogP contribution is 2.29. The first kappa shape index (κ1) is 22.9. The van der Waals surface area contributed by atoms with E-state index in [4.69, 9.17) is 16.3 Å². The number of benzene rings is 1. The molecule has 0 saturated carbocycles. The van der Waals surface area contributed by atoms with Crippen molar-refractivity contribution < 1.29 is 14.3 Å². The number of likely N-dealkylation sites (tertiary alicyclic amines) is 1. The maximum atomic E-state index is 12.9. The molecular formula is C23H34ClN3O3. The first-order valence-corrected chi connectivity index (χ1v) is 11.3. The summed E-state index contributed by atoms with van der Waals surface area (Å²) in [4.78, 5) is 29.8. The summed E-state index contributed by atoms with van der Waals surface area (Å²) in [5.74, 6) is 0.595. The molecule has 0 atom stereocenters. The SMILES string of the molecule is CC(C)(C)CN1CCC(Oc2ccc(C(=O)N3CCCN(C=O)CC3)cc2Cl)CC1. The average Bonchev–Trinajstić information content (AvgIpc) is 2.95. The summed E-state index contributed by atoms with van der Waals surface area (Å²) in [5, 5.41) is 0.474. The van der Waals surface area contributed by atoms with E-state index in [1.54, 1.807) is 21.9 Å². The molecule has 0 bridgehead atoms. The van der Waals surface area contributed by atoms with Crippen molar-refractivity contribution in [3.8, 4) is 5.75 Å². The van der Waals surface area contributed by atoms with Crippen LogP contribution in [0.15, 0.2) is 18.2 Å². The maximum Gasteiger partial charge on any atom is 0.253 e. The quantitative estimate of drug-likeness (QED) is 0.664. The molecule has 166 valence electrons. The molecule has 6 nitrogen and oxygen atoms in total. The highest BCUT2D eigenvalue weighted by Gasteiger charge is 2.25. The Kier molecular flexibility index (Phi) is 7.64. The highest BCUT2D eigenvalue weighted by molar-refractivity contribution is 6.32. The first-order valence-electron chi connectivity index (χ1n) is 10.9. The van der Waals surface area contributed by atoms with Gasteiger partial charge >= 0.3 is 0 Å². The molecule has 1 aromatic carbocycles. The second-order valence-electron chi connectivity index (χ2n) is 9.59. The van der Waals surface area contributed by atoms with E-state index in [1.165, 1.54) is 0 Å². The minimum atomic E-state index is -0.0494. The molecule has 2 aliphatic rings. The summed E-state index contributed by atoms with van der Waals surface area (Å²) < 4.78 is 6.16. The van der Waals surface area contributed by atoms with Crippen LogP contribution in [0.25, 0.3) is 0 Å². The van der Waals surface area contributed by atoms with Crippen molar-refractivity contribution in [3.63, 3.8) is 0 Å². The number of halogens is 1. The lowest BCUT2D eigenvalue weighted by atomic mass is 9.94. The van der Waals surface area contributed by atoms with E-state index >= 15 is 0 Å². The van der Waals surface area contributed by atoms with Crippen LogP contribution >= 0.6 is 11.6 Å². The molecule has 0 aromatic heterocycles. The number of carbonyl (C=O) groups is 2. The first-order chi connectivity index (χ1) is 14.2. The fourth-order valence-electron chi connectivity index (χ4n) is 4.19. The minimum absolute atomic E-state index is 0.0494. The van der Waals surface area contributed by atoms with Crippen LogP contribution in [-0.2, 0) is 4.79 Å². The van der Waals surface area contributed by atoms with Crippen LogP contribution in [0.1, 0.15) is 50.4 Å². The number of carbonyl (C=O) groups excluding carboxylic acids is 2. The molecule has 2 aliphatic heterocycles. The maximum absolute atomic E-state index is 12.9. The third-order valence-electron chi connectivity index (χ3n) is 5.67. The van der Waals surface area contributed by atoms with Gasteiger partial charge in [-0.15, -0.1) is 0 Å². The van der Waals surface area contributed by atoms with Crippen LogP contribution in [0.5, 0.6) is 5.75 Å². The van der Waals surface area contributed by atoms with Crippen molar-refractivity contribution in [2.75, 3.05) is 45.8 Å². The highest BCUT2D eigenvalue weighted by atomic mass is 35.5. The normalized spacial score (nSPS) is 19.5. The molecule has 0 aliphatic carbocycles. The molecule has 2 amide bonds. The predicted molar refractivity (Wildman–Crippen MR) is 119 cm³/mol. The number of piperidine rings is 1. The lowest BCUT2D eigenvalue weighted by Gasteiger charge is -2.36. The molecule has 0 spiro atoms. The van der Waals surface area contributed by atoms with E-state index in [2.05, 4.69) is 25.7 Å². The molecule has 0 unspecified atom stereocenters. The van der Waals surface area contributed by atoms with Gasteiger partial charge in [-0.25, -0.2) is 0 Å². The Balaban J connectivity index is 1.55. The van der Waals surface area contributed by atoms with E-state index in [1.807, 2.05) is 6.07 Å². The molecule has 2 fully saturated rings. The summed E-state index contributed by atoms with van der Waals surface area (Å²) in [5.41, 5.74) is 0.866. The number of hydrogen-bond acceptors (Lipinski definition) is 4. The fourth-order valence-corrected chi connectivity index (χ4v) is 4.42. The zero-order valence-corrected chi connectivity index (χ0v) is 19.2. The zero-order valence-electron chi connectivity index (χ0n) is 18.4. The Bertz CT molecular complexity index is 742. The van der Waals surface area contributed by atoms with Crippen LogP contribution in [-0.4, -0.2) is 78.9 Å². The number of nitrogens with zero attached hydrogens (tertiary/aromatic N) is 3. The van der Waals surface area contributed by atoms with Crippen molar-refractivity contribution in [1.29, 1.82) is 0 Å². The summed E-state index contributed by atoms with van der Waals surface area (Å²) in [6.45, 7) is 12.4. The number of ether oxygens (including phenoxy) is 1. The van der Waals surface area contributed by atoms with Crippen LogP contribution in [0.3, 0.4) is 0 Å². The minimum Gasteiger partial charge on any atom is -0.489 e. The molecule has 30 heavy (non-hydrogen) atoms. The van der Waals surface area contributed by atoms with Crippen molar-refractivity contribution >= 4 is 23.9 Å². The molecular weight excluding hydrogens is 402 g/mol. The standard InChI is InChI=1S/C23H34ClN3O3/c1-23(2,3)16-25-11-7-19(8-12-25)30-21-6-5-18(15-20(21)24)22(29)27-10-4-9-26(17-28)13-14-27/h5-6,15,17,19H,4,7-14,16H2,1-3H3. The Morgan fingerprint density at radius 3 is 2.50 bits per heavy atom. The van der Waals surface area contributed by atoms with Gasteiger partial charge in [0.1, 0.15) is 11.9 Å². The molecule has 2 heterocycles. The van der Waals surface area contributed by atoms with E-state index in [0.717, 1.165) is 45.3 Å². The number of hydrogen-bond donors (Lipinski definition) is 0. The summed E-state index contributed by atoms with van der Waals surface area (Å²) in [6, 6.07) is 5.31. The van der Waals surface area contributed by atoms with Crippen LogP contribution in [0.2, 0.25) is 5.02 Å². The van der Waals surface area contributed by atoms with Gasteiger partial charge in [-0.05, 0) is 42.9 Å². The second kappa shape index (κ2) is 10.0. The molecule has 1 aromatic rings. The predicted octanol–water partition coefficient (Wildman–Crippen LogP) is 3.53. The van der Waals surface area contributed by atoms with Gasteiger partial charge < -0.3 is 19.4 Å². The number of amides is 2. The van der Waals surface area contributed by atoms with Crippen LogP contribution < -0.4 is 4.74 Å².